The number of nitrogens with zero attached hydrogens (tertiary/aromatic N) is 1. The third-order valence-electron chi connectivity index (χ3n) is 3.39. The summed E-state index contributed by atoms with van der Waals surface area (Å²) in [5.74, 6) is 0.131. The van der Waals surface area contributed by atoms with Crippen molar-refractivity contribution in [2.24, 2.45) is 5.92 Å². The summed E-state index contributed by atoms with van der Waals surface area (Å²) in [6.07, 6.45) is 3.80. The van der Waals surface area contributed by atoms with Gasteiger partial charge in [0.05, 0.1) is 4.92 Å². The van der Waals surface area contributed by atoms with Gasteiger partial charge in [-0.25, -0.2) is 0 Å². The van der Waals surface area contributed by atoms with Gasteiger partial charge in [-0.15, -0.1) is 0 Å². The Morgan fingerprint density at radius 1 is 1.39 bits per heavy atom. The van der Waals surface area contributed by atoms with Crippen LogP contribution < -0.4 is 0 Å². The van der Waals surface area contributed by atoms with E-state index in [4.69, 9.17) is 11.6 Å². The molecule has 1 aromatic rings. The molecule has 0 bridgehead atoms. The van der Waals surface area contributed by atoms with Gasteiger partial charge >= 0.3 is 0 Å². The molecule has 1 aromatic carbocycles. The summed E-state index contributed by atoms with van der Waals surface area (Å²) in [7, 11) is 0. The van der Waals surface area contributed by atoms with Crippen LogP contribution in [0.15, 0.2) is 18.2 Å². The highest BCUT2D eigenvalue weighted by atomic mass is 35.5. The van der Waals surface area contributed by atoms with Gasteiger partial charge in [-0.1, -0.05) is 18.0 Å². The molecule has 96 valence electrons. The zero-order chi connectivity index (χ0) is 13.1. The van der Waals surface area contributed by atoms with E-state index in [1.807, 2.05) is 0 Å². The number of nitro groups is 1. The zero-order valence-electron chi connectivity index (χ0n) is 9.89. The van der Waals surface area contributed by atoms with Crippen molar-refractivity contribution < 1.29 is 9.72 Å². The van der Waals surface area contributed by atoms with Gasteiger partial charge in [0.1, 0.15) is 5.78 Å². The number of rotatable bonds is 3. The van der Waals surface area contributed by atoms with Crippen molar-refractivity contribution in [3.63, 3.8) is 0 Å². The number of ketones is 1. The number of nitro benzene ring substituents is 1. The van der Waals surface area contributed by atoms with E-state index in [9.17, 15) is 14.9 Å². The second-order valence-corrected chi connectivity index (χ2v) is 5.08. The van der Waals surface area contributed by atoms with E-state index in [0.717, 1.165) is 19.3 Å². The standard InChI is InChI=1S/C13H14ClNO3/c14-11-5-6-12(15(17)18)10(8-11)7-9-3-1-2-4-13(9)16/h5-6,8-9H,1-4,7H2. The summed E-state index contributed by atoms with van der Waals surface area (Å²) in [4.78, 5) is 22.3. The molecule has 0 aromatic heterocycles. The minimum atomic E-state index is -0.418. The SMILES string of the molecule is O=C1CCCCC1Cc1cc(Cl)ccc1[N+](=O)[O-]. The van der Waals surface area contributed by atoms with Gasteiger partial charge in [-0.3, -0.25) is 14.9 Å². The molecule has 2 rings (SSSR count). The second-order valence-electron chi connectivity index (χ2n) is 4.64. The van der Waals surface area contributed by atoms with Crippen LogP contribution >= 0.6 is 11.6 Å². The lowest BCUT2D eigenvalue weighted by Crippen LogP contribution is -2.21. The molecule has 5 heteroatoms. The average molecular weight is 268 g/mol. The predicted octanol–water partition coefficient (Wildman–Crippen LogP) is 3.55. The first kappa shape index (κ1) is 13.0. The molecule has 1 aliphatic rings. The fourth-order valence-electron chi connectivity index (χ4n) is 2.43. The Morgan fingerprint density at radius 2 is 2.17 bits per heavy atom. The van der Waals surface area contributed by atoms with Gasteiger partial charge in [0.15, 0.2) is 0 Å². The predicted molar refractivity (Wildman–Crippen MR) is 68.8 cm³/mol. The lowest BCUT2D eigenvalue weighted by atomic mass is 9.83. The topological polar surface area (TPSA) is 60.2 Å². The summed E-state index contributed by atoms with van der Waals surface area (Å²) in [6, 6.07) is 4.51. The molecule has 18 heavy (non-hydrogen) atoms. The van der Waals surface area contributed by atoms with Crippen LogP contribution in [0, 0.1) is 16.0 Å². The van der Waals surface area contributed by atoms with Crippen LogP contribution in [0.1, 0.15) is 31.2 Å². The number of carbonyl (C=O) groups excluding carboxylic acids is 1. The quantitative estimate of drug-likeness (QED) is 0.621. The van der Waals surface area contributed by atoms with Crippen LogP contribution in [0.25, 0.3) is 0 Å². The molecule has 0 N–H and O–H groups in total. The molecule has 0 amide bonds. The highest BCUT2D eigenvalue weighted by Crippen LogP contribution is 2.29. The van der Waals surface area contributed by atoms with Gasteiger partial charge in [0, 0.05) is 29.0 Å². The molecule has 0 spiro atoms. The maximum absolute atomic E-state index is 11.8. The first-order chi connectivity index (χ1) is 8.58. The number of Topliss-reactive ketones (excluding diaryl/α,β-unsaturated/α-hetero) is 1. The van der Waals surface area contributed by atoms with Crippen LogP contribution in [0.2, 0.25) is 5.02 Å². The molecule has 0 radical (unpaired) electrons. The summed E-state index contributed by atoms with van der Waals surface area (Å²) in [6.45, 7) is 0. The molecule has 1 fully saturated rings. The monoisotopic (exact) mass is 267 g/mol. The molecule has 1 saturated carbocycles. The molecular formula is C13H14ClNO3. The van der Waals surface area contributed by atoms with E-state index in [1.54, 1.807) is 6.07 Å². The van der Waals surface area contributed by atoms with Gasteiger partial charge in [0.2, 0.25) is 0 Å². The van der Waals surface area contributed by atoms with Crippen molar-refractivity contribution in [2.45, 2.75) is 32.1 Å². The number of carbonyl (C=O) groups is 1. The third kappa shape index (κ3) is 2.88. The van der Waals surface area contributed by atoms with Gasteiger partial charge in [-0.05, 0) is 31.4 Å². The van der Waals surface area contributed by atoms with E-state index < -0.39 is 4.92 Å². The summed E-state index contributed by atoms with van der Waals surface area (Å²) < 4.78 is 0. The summed E-state index contributed by atoms with van der Waals surface area (Å²) in [5, 5.41) is 11.4. The van der Waals surface area contributed by atoms with Crippen LogP contribution in [-0.2, 0) is 11.2 Å². The Hall–Kier alpha value is -1.42. The minimum absolute atomic E-state index is 0.0535. The normalized spacial score (nSPS) is 19.8. The lowest BCUT2D eigenvalue weighted by Gasteiger charge is -2.20. The van der Waals surface area contributed by atoms with Crippen LogP contribution in [0.3, 0.4) is 0 Å². The third-order valence-corrected chi connectivity index (χ3v) is 3.62. The number of benzene rings is 1. The first-order valence-electron chi connectivity index (χ1n) is 6.03. The number of hydrogen-bond acceptors (Lipinski definition) is 3. The van der Waals surface area contributed by atoms with Gasteiger partial charge in [0.25, 0.3) is 5.69 Å². The number of hydrogen-bond donors (Lipinski definition) is 0. The van der Waals surface area contributed by atoms with Crippen molar-refractivity contribution >= 4 is 23.1 Å². The van der Waals surface area contributed by atoms with Crippen molar-refractivity contribution in [1.82, 2.24) is 0 Å². The average Bonchev–Trinajstić information content (AvgIpc) is 2.32. The second kappa shape index (κ2) is 5.48. The Balaban J connectivity index is 2.24. The Kier molecular flexibility index (Phi) is 3.97. The molecule has 0 aliphatic heterocycles. The van der Waals surface area contributed by atoms with Gasteiger partial charge < -0.3 is 0 Å². The fraction of sp³-hybridized carbons (Fsp3) is 0.462. The maximum atomic E-state index is 11.8. The van der Waals surface area contributed by atoms with E-state index in [1.165, 1.54) is 12.1 Å². The van der Waals surface area contributed by atoms with E-state index >= 15 is 0 Å². The Bertz CT molecular complexity index is 487. The van der Waals surface area contributed by atoms with Crippen molar-refractivity contribution in [3.05, 3.63) is 38.9 Å². The molecule has 0 saturated heterocycles. The maximum Gasteiger partial charge on any atom is 0.272 e. The molecule has 1 atom stereocenters. The largest absolute Gasteiger partial charge is 0.299 e. The Labute approximate surface area is 110 Å². The van der Waals surface area contributed by atoms with E-state index in [0.29, 0.717) is 23.4 Å². The zero-order valence-corrected chi connectivity index (χ0v) is 10.7. The molecule has 1 unspecified atom stereocenters. The minimum Gasteiger partial charge on any atom is -0.299 e. The van der Waals surface area contributed by atoms with Gasteiger partial charge in [-0.2, -0.15) is 0 Å². The summed E-state index contributed by atoms with van der Waals surface area (Å²) >= 11 is 5.87. The fourth-order valence-corrected chi connectivity index (χ4v) is 2.63. The van der Waals surface area contributed by atoms with Crippen molar-refractivity contribution in [3.8, 4) is 0 Å². The highest BCUT2D eigenvalue weighted by molar-refractivity contribution is 6.30. The lowest BCUT2D eigenvalue weighted by molar-refractivity contribution is -0.385. The van der Waals surface area contributed by atoms with E-state index in [-0.39, 0.29) is 17.4 Å². The van der Waals surface area contributed by atoms with E-state index in [2.05, 4.69) is 0 Å². The molecular weight excluding hydrogens is 254 g/mol. The Morgan fingerprint density at radius 3 is 2.83 bits per heavy atom. The number of halogens is 1. The molecule has 4 nitrogen and oxygen atoms in total. The first-order valence-corrected chi connectivity index (χ1v) is 6.41. The highest BCUT2D eigenvalue weighted by Gasteiger charge is 2.25. The van der Waals surface area contributed by atoms with Crippen LogP contribution in [0.4, 0.5) is 5.69 Å². The molecule has 0 heterocycles. The molecule has 1 aliphatic carbocycles. The summed E-state index contributed by atoms with van der Waals surface area (Å²) in [5.41, 5.74) is 0.616. The smallest absolute Gasteiger partial charge is 0.272 e. The van der Waals surface area contributed by atoms with Crippen molar-refractivity contribution in [1.29, 1.82) is 0 Å². The van der Waals surface area contributed by atoms with Crippen LogP contribution in [0.5, 0.6) is 0 Å². The van der Waals surface area contributed by atoms with Crippen LogP contribution in [-0.4, -0.2) is 10.7 Å². The van der Waals surface area contributed by atoms with Crippen molar-refractivity contribution in [2.75, 3.05) is 0 Å².